The van der Waals surface area contributed by atoms with Crippen molar-refractivity contribution in [1.82, 2.24) is 19.7 Å². The summed E-state index contributed by atoms with van der Waals surface area (Å²) in [7, 11) is 1.82. The average Bonchev–Trinajstić information content (AvgIpc) is 3.25. The predicted molar refractivity (Wildman–Crippen MR) is 103 cm³/mol. The van der Waals surface area contributed by atoms with Crippen LogP contribution < -0.4 is 10.6 Å². The number of amides is 1. The molecule has 7 nitrogen and oxygen atoms in total. The number of rotatable bonds is 5. The summed E-state index contributed by atoms with van der Waals surface area (Å²) in [5, 5.41) is 10.4. The van der Waals surface area contributed by atoms with Gasteiger partial charge in [-0.15, -0.1) is 0 Å². The molecule has 0 radical (unpaired) electrons. The van der Waals surface area contributed by atoms with E-state index in [1.54, 1.807) is 16.9 Å². The van der Waals surface area contributed by atoms with Crippen molar-refractivity contribution in [3.05, 3.63) is 65.6 Å². The smallest absolute Gasteiger partial charge is 0.237 e. The molecule has 0 spiro atoms. The van der Waals surface area contributed by atoms with Gasteiger partial charge in [0.05, 0.1) is 11.1 Å². The van der Waals surface area contributed by atoms with Crippen LogP contribution in [-0.2, 0) is 30.2 Å². The van der Waals surface area contributed by atoms with Crippen LogP contribution in [0.5, 0.6) is 0 Å². The topological polar surface area (TPSA) is 84.7 Å². The van der Waals surface area contributed by atoms with Crippen molar-refractivity contribution >= 4 is 17.7 Å². The summed E-state index contributed by atoms with van der Waals surface area (Å²) >= 11 is 0. The maximum atomic E-state index is 13.0. The Hall–Kier alpha value is -3.22. The van der Waals surface area contributed by atoms with Crippen molar-refractivity contribution in [1.29, 1.82) is 0 Å². The lowest BCUT2D eigenvalue weighted by Crippen LogP contribution is -2.36. The standard InChI is InChI=1S/C20H22N6O/c1-20(18(27)23-16-9-11-26(2)25-16)10-8-15-13-22-19(24-17(15)20)21-12-14-6-4-3-5-7-14/h3-7,9,11,13H,8,10,12H2,1-2H3,(H,21,22,24)(H,23,25,27). The highest BCUT2D eigenvalue weighted by molar-refractivity contribution is 5.98. The highest BCUT2D eigenvalue weighted by Gasteiger charge is 2.43. The number of fused-ring (bicyclic) bond motifs is 1. The van der Waals surface area contributed by atoms with Gasteiger partial charge in [0, 0.05) is 32.1 Å². The van der Waals surface area contributed by atoms with Crippen LogP contribution in [0.2, 0.25) is 0 Å². The third-order valence-corrected chi connectivity index (χ3v) is 5.03. The lowest BCUT2D eigenvalue weighted by molar-refractivity contribution is -0.121. The molecule has 3 aromatic rings. The molecule has 1 amide bonds. The first-order chi connectivity index (χ1) is 13.0. The number of carbonyl (C=O) groups is 1. The predicted octanol–water partition coefficient (Wildman–Crippen LogP) is 2.66. The lowest BCUT2D eigenvalue weighted by atomic mass is 9.86. The molecule has 7 heteroatoms. The number of aryl methyl sites for hydroxylation is 2. The Morgan fingerprint density at radius 2 is 2.07 bits per heavy atom. The number of aromatic nitrogens is 4. The molecular formula is C20H22N6O. The molecule has 0 fully saturated rings. The zero-order valence-corrected chi connectivity index (χ0v) is 15.4. The summed E-state index contributed by atoms with van der Waals surface area (Å²) in [6.07, 6.45) is 5.13. The SMILES string of the molecule is Cn1ccc(NC(=O)C2(C)CCc3cnc(NCc4ccccc4)nc32)n1. The Morgan fingerprint density at radius 1 is 1.26 bits per heavy atom. The number of hydrogen-bond donors (Lipinski definition) is 2. The summed E-state index contributed by atoms with van der Waals surface area (Å²) in [5.74, 6) is 0.998. The Balaban J connectivity index is 1.53. The zero-order valence-electron chi connectivity index (χ0n) is 15.4. The van der Waals surface area contributed by atoms with Gasteiger partial charge >= 0.3 is 0 Å². The first-order valence-electron chi connectivity index (χ1n) is 9.00. The molecule has 1 aliphatic rings. The molecular weight excluding hydrogens is 340 g/mol. The first-order valence-corrected chi connectivity index (χ1v) is 9.00. The largest absolute Gasteiger partial charge is 0.350 e. The Bertz CT molecular complexity index is 968. The summed E-state index contributed by atoms with van der Waals surface area (Å²) in [6, 6.07) is 11.9. The molecule has 2 heterocycles. The molecule has 0 saturated carbocycles. The van der Waals surface area contributed by atoms with Crippen molar-refractivity contribution in [2.45, 2.75) is 31.7 Å². The van der Waals surface area contributed by atoms with Crippen molar-refractivity contribution in [3.63, 3.8) is 0 Å². The molecule has 1 unspecified atom stereocenters. The molecule has 138 valence electrons. The van der Waals surface area contributed by atoms with E-state index in [1.165, 1.54) is 0 Å². The van der Waals surface area contributed by atoms with Gasteiger partial charge in [-0.25, -0.2) is 9.97 Å². The molecule has 2 N–H and O–H groups in total. The van der Waals surface area contributed by atoms with Gasteiger partial charge < -0.3 is 10.6 Å². The van der Waals surface area contributed by atoms with Crippen LogP contribution in [-0.4, -0.2) is 25.7 Å². The van der Waals surface area contributed by atoms with Gasteiger partial charge in [-0.2, -0.15) is 5.10 Å². The van der Waals surface area contributed by atoms with Gasteiger partial charge in [0.2, 0.25) is 11.9 Å². The Labute approximate surface area is 157 Å². The van der Waals surface area contributed by atoms with Gasteiger partial charge in [-0.05, 0) is 30.9 Å². The van der Waals surface area contributed by atoms with Crippen LogP contribution >= 0.6 is 0 Å². The zero-order chi connectivity index (χ0) is 18.9. The van der Waals surface area contributed by atoms with Crippen LogP contribution in [0.15, 0.2) is 48.8 Å². The molecule has 1 aliphatic carbocycles. The maximum Gasteiger partial charge on any atom is 0.237 e. The third kappa shape index (κ3) is 3.40. The summed E-state index contributed by atoms with van der Waals surface area (Å²) in [4.78, 5) is 22.0. The molecule has 27 heavy (non-hydrogen) atoms. The minimum absolute atomic E-state index is 0.0901. The van der Waals surface area contributed by atoms with Crippen LogP contribution in [0.1, 0.15) is 30.2 Å². The van der Waals surface area contributed by atoms with Crippen molar-refractivity contribution in [3.8, 4) is 0 Å². The fraction of sp³-hybridized carbons (Fsp3) is 0.300. The minimum Gasteiger partial charge on any atom is -0.350 e. The van der Waals surface area contributed by atoms with Gasteiger partial charge in [-0.1, -0.05) is 30.3 Å². The van der Waals surface area contributed by atoms with E-state index in [9.17, 15) is 4.79 Å². The maximum absolute atomic E-state index is 13.0. The van der Waals surface area contributed by atoms with E-state index < -0.39 is 5.41 Å². The van der Waals surface area contributed by atoms with E-state index >= 15 is 0 Å². The van der Waals surface area contributed by atoms with Crippen molar-refractivity contribution in [2.75, 3.05) is 10.6 Å². The second-order valence-corrected chi connectivity index (χ2v) is 7.07. The van der Waals surface area contributed by atoms with E-state index in [0.29, 0.717) is 24.7 Å². The van der Waals surface area contributed by atoms with E-state index in [4.69, 9.17) is 0 Å². The summed E-state index contributed by atoms with van der Waals surface area (Å²) in [5.41, 5.74) is 2.27. The van der Waals surface area contributed by atoms with Crippen LogP contribution in [0, 0.1) is 0 Å². The number of hydrogen-bond acceptors (Lipinski definition) is 5. The molecule has 0 saturated heterocycles. The highest BCUT2D eigenvalue weighted by atomic mass is 16.2. The summed E-state index contributed by atoms with van der Waals surface area (Å²) < 4.78 is 1.66. The van der Waals surface area contributed by atoms with Crippen LogP contribution in [0.4, 0.5) is 11.8 Å². The lowest BCUT2D eigenvalue weighted by Gasteiger charge is -2.23. The minimum atomic E-state index is -0.695. The van der Waals surface area contributed by atoms with E-state index in [-0.39, 0.29) is 5.91 Å². The van der Waals surface area contributed by atoms with Gasteiger partial charge in [0.15, 0.2) is 5.82 Å². The number of nitrogens with zero attached hydrogens (tertiary/aromatic N) is 4. The normalized spacial score (nSPS) is 18.1. The average molecular weight is 362 g/mol. The number of carbonyl (C=O) groups excluding carboxylic acids is 1. The van der Waals surface area contributed by atoms with Crippen molar-refractivity contribution in [2.24, 2.45) is 7.05 Å². The number of benzene rings is 1. The second kappa shape index (κ2) is 6.83. The Kier molecular flexibility index (Phi) is 4.35. The fourth-order valence-electron chi connectivity index (χ4n) is 3.39. The second-order valence-electron chi connectivity index (χ2n) is 7.07. The molecule has 1 atom stereocenters. The van der Waals surface area contributed by atoms with E-state index in [0.717, 1.165) is 23.2 Å². The Morgan fingerprint density at radius 3 is 2.81 bits per heavy atom. The van der Waals surface area contributed by atoms with Gasteiger partial charge in [0.25, 0.3) is 0 Å². The fourth-order valence-corrected chi connectivity index (χ4v) is 3.39. The van der Waals surface area contributed by atoms with Gasteiger partial charge in [0.1, 0.15) is 0 Å². The number of anilines is 2. The van der Waals surface area contributed by atoms with Crippen LogP contribution in [0.25, 0.3) is 0 Å². The quantitative estimate of drug-likeness (QED) is 0.729. The molecule has 0 aliphatic heterocycles. The monoisotopic (exact) mass is 362 g/mol. The molecule has 0 bridgehead atoms. The van der Waals surface area contributed by atoms with Crippen LogP contribution in [0.3, 0.4) is 0 Å². The van der Waals surface area contributed by atoms with E-state index in [1.807, 2.05) is 50.5 Å². The molecule has 4 rings (SSSR count). The molecule has 2 aromatic heterocycles. The third-order valence-electron chi connectivity index (χ3n) is 5.03. The molecule has 1 aromatic carbocycles. The summed E-state index contributed by atoms with van der Waals surface area (Å²) in [6.45, 7) is 2.57. The first kappa shape index (κ1) is 17.2. The number of nitrogens with one attached hydrogen (secondary N) is 2. The van der Waals surface area contributed by atoms with Gasteiger partial charge in [-0.3, -0.25) is 9.48 Å². The van der Waals surface area contributed by atoms with Crippen molar-refractivity contribution < 1.29 is 4.79 Å². The highest BCUT2D eigenvalue weighted by Crippen LogP contribution is 2.38. The van der Waals surface area contributed by atoms with E-state index in [2.05, 4.69) is 25.7 Å².